The lowest BCUT2D eigenvalue weighted by molar-refractivity contribution is 0.102. The topological polar surface area (TPSA) is 35.5 Å². The van der Waals surface area contributed by atoms with Gasteiger partial charge < -0.3 is 9.47 Å². The number of hydrogen-bond donors (Lipinski definition) is 0. The lowest BCUT2D eigenvalue weighted by atomic mass is 9.86. The monoisotopic (exact) mass is 294 g/mol. The first kappa shape index (κ1) is 14.4. The normalized spacial score (nSPS) is 15.5. The molecule has 2 aromatic rings. The van der Waals surface area contributed by atoms with Crippen LogP contribution in [0, 0.1) is 0 Å². The lowest BCUT2D eigenvalue weighted by Crippen LogP contribution is -2.13. The van der Waals surface area contributed by atoms with E-state index in [2.05, 4.69) is 0 Å². The van der Waals surface area contributed by atoms with Crippen LogP contribution in [-0.4, -0.2) is 20.0 Å². The van der Waals surface area contributed by atoms with E-state index in [9.17, 15) is 4.79 Å². The molecule has 0 radical (unpaired) electrons. The molecule has 2 aromatic carbocycles. The summed E-state index contributed by atoms with van der Waals surface area (Å²) >= 11 is 0. The molecule has 0 saturated carbocycles. The molecule has 0 aliphatic heterocycles. The molecule has 0 fully saturated rings. The zero-order valence-electron chi connectivity index (χ0n) is 12.8. The minimum absolute atomic E-state index is 0.111. The van der Waals surface area contributed by atoms with Crippen molar-refractivity contribution in [3.05, 3.63) is 64.7 Å². The maximum Gasteiger partial charge on any atom is 0.189 e. The molecule has 0 amide bonds. The van der Waals surface area contributed by atoms with Crippen molar-refractivity contribution in [2.45, 2.75) is 12.8 Å². The van der Waals surface area contributed by atoms with Crippen LogP contribution in [0.15, 0.2) is 48.0 Å². The van der Waals surface area contributed by atoms with E-state index in [4.69, 9.17) is 9.47 Å². The molecular formula is C19H18O3. The lowest BCUT2D eigenvalue weighted by Gasteiger charge is -2.17. The Morgan fingerprint density at radius 1 is 1.00 bits per heavy atom. The van der Waals surface area contributed by atoms with Crippen molar-refractivity contribution >= 4 is 11.9 Å². The quantitative estimate of drug-likeness (QED) is 0.805. The minimum atomic E-state index is 0.111. The van der Waals surface area contributed by atoms with E-state index in [0.717, 1.165) is 40.9 Å². The first-order valence-corrected chi connectivity index (χ1v) is 7.28. The molecule has 0 N–H and O–H groups in total. The van der Waals surface area contributed by atoms with Crippen LogP contribution in [0.1, 0.15) is 27.9 Å². The summed E-state index contributed by atoms with van der Waals surface area (Å²) in [6, 6.07) is 13.4. The number of allylic oxidation sites excluding steroid dienone is 1. The van der Waals surface area contributed by atoms with E-state index < -0.39 is 0 Å². The third kappa shape index (κ3) is 2.62. The summed E-state index contributed by atoms with van der Waals surface area (Å²) in [5, 5.41) is 0. The molecule has 0 unspecified atom stereocenters. The fraction of sp³-hybridized carbons (Fsp3) is 0.211. The Bertz CT molecular complexity index is 744. The second-order valence-electron chi connectivity index (χ2n) is 5.26. The van der Waals surface area contributed by atoms with Crippen LogP contribution in [0.2, 0.25) is 0 Å². The summed E-state index contributed by atoms with van der Waals surface area (Å²) in [4.78, 5) is 12.6. The van der Waals surface area contributed by atoms with Crippen LogP contribution in [-0.2, 0) is 6.42 Å². The molecule has 22 heavy (non-hydrogen) atoms. The minimum Gasteiger partial charge on any atom is -0.497 e. The smallest absolute Gasteiger partial charge is 0.189 e. The van der Waals surface area contributed by atoms with Crippen LogP contribution in [0.3, 0.4) is 0 Å². The second-order valence-corrected chi connectivity index (χ2v) is 5.26. The Morgan fingerprint density at radius 2 is 1.82 bits per heavy atom. The predicted molar refractivity (Wildman–Crippen MR) is 86.6 cm³/mol. The van der Waals surface area contributed by atoms with E-state index in [1.165, 1.54) is 0 Å². The van der Waals surface area contributed by atoms with Crippen molar-refractivity contribution in [2.24, 2.45) is 0 Å². The van der Waals surface area contributed by atoms with Crippen LogP contribution >= 0.6 is 0 Å². The summed E-state index contributed by atoms with van der Waals surface area (Å²) in [5.74, 6) is 1.55. The zero-order chi connectivity index (χ0) is 15.5. The number of carbonyl (C=O) groups is 1. The highest BCUT2D eigenvalue weighted by Crippen LogP contribution is 2.30. The fourth-order valence-electron chi connectivity index (χ4n) is 2.78. The Morgan fingerprint density at radius 3 is 2.59 bits per heavy atom. The third-order valence-corrected chi connectivity index (χ3v) is 3.99. The number of ether oxygens (including phenoxy) is 2. The Balaban J connectivity index is 1.98. The zero-order valence-corrected chi connectivity index (χ0v) is 12.8. The van der Waals surface area contributed by atoms with Gasteiger partial charge in [0.05, 0.1) is 14.2 Å². The van der Waals surface area contributed by atoms with E-state index in [0.29, 0.717) is 5.75 Å². The molecular weight excluding hydrogens is 276 g/mol. The van der Waals surface area contributed by atoms with Crippen molar-refractivity contribution in [2.75, 3.05) is 14.2 Å². The van der Waals surface area contributed by atoms with Gasteiger partial charge in [-0.15, -0.1) is 0 Å². The van der Waals surface area contributed by atoms with Gasteiger partial charge in [-0.25, -0.2) is 0 Å². The maximum absolute atomic E-state index is 12.6. The number of carbonyl (C=O) groups excluding carboxylic acids is 1. The average molecular weight is 294 g/mol. The number of Topliss-reactive ketones (excluding diaryl/α,β-unsaturated/α-hetero) is 1. The van der Waals surface area contributed by atoms with Crippen LogP contribution in [0.25, 0.3) is 6.08 Å². The average Bonchev–Trinajstić information content (AvgIpc) is 2.58. The highest BCUT2D eigenvalue weighted by atomic mass is 16.5. The van der Waals surface area contributed by atoms with Crippen molar-refractivity contribution in [3.8, 4) is 11.5 Å². The summed E-state index contributed by atoms with van der Waals surface area (Å²) < 4.78 is 10.6. The number of methoxy groups -OCH3 is 2. The Hall–Kier alpha value is -2.55. The van der Waals surface area contributed by atoms with Crippen LogP contribution < -0.4 is 9.47 Å². The highest BCUT2D eigenvalue weighted by molar-refractivity contribution is 6.13. The van der Waals surface area contributed by atoms with E-state index in [1.54, 1.807) is 14.2 Å². The first-order chi connectivity index (χ1) is 10.7. The van der Waals surface area contributed by atoms with Gasteiger partial charge in [0.2, 0.25) is 0 Å². The summed E-state index contributed by atoms with van der Waals surface area (Å²) in [6.07, 6.45) is 3.58. The third-order valence-electron chi connectivity index (χ3n) is 3.99. The van der Waals surface area contributed by atoms with Gasteiger partial charge in [0.15, 0.2) is 5.78 Å². The van der Waals surface area contributed by atoms with E-state index >= 15 is 0 Å². The van der Waals surface area contributed by atoms with Gasteiger partial charge in [-0.2, -0.15) is 0 Å². The standard InChI is InChI=1S/C19H18O3/c1-21-16-10-9-14(18(12-16)22-2)11-15-8-7-13-5-3-4-6-17(13)19(15)20/h3-6,9-12H,7-8H2,1-2H3/b15-11+. The molecule has 3 nitrogen and oxygen atoms in total. The Labute approximate surface area is 130 Å². The molecule has 112 valence electrons. The Kier molecular flexibility index (Phi) is 3.96. The van der Waals surface area contributed by atoms with E-state index in [1.807, 2.05) is 48.5 Å². The van der Waals surface area contributed by atoms with E-state index in [-0.39, 0.29) is 5.78 Å². The number of fused-ring (bicyclic) bond motifs is 1. The number of hydrogen-bond acceptors (Lipinski definition) is 3. The summed E-state index contributed by atoms with van der Waals surface area (Å²) in [5.41, 5.74) is 3.66. The number of benzene rings is 2. The second kappa shape index (κ2) is 6.06. The molecule has 0 heterocycles. The van der Waals surface area contributed by atoms with Crippen molar-refractivity contribution in [1.29, 1.82) is 0 Å². The van der Waals surface area contributed by atoms with Crippen molar-refractivity contribution in [1.82, 2.24) is 0 Å². The molecule has 0 atom stereocenters. The maximum atomic E-state index is 12.6. The van der Waals surface area contributed by atoms with Gasteiger partial charge in [0, 0.05) is 22.8 Å². The first-order valence-electron chi connectivity index (χ1n) is 7.28. The highest BCUT2D eigenvalue weighted by Gasteiger charge is 2.21. The molecule has 3 rings (SSSR count). The number of ketones is 1. The number of aryl methyl sites for hydroxylation is 1. The molecule has 0 saturated heterocycles. The number of rotatable bonds is 3. The predicted octanol–water partition coefficient (Wildman–Crippen LogP) is 3.92. The van der Waals surface area contributed by atoms with Crippen LogP contribution in [0.5, 0.6) is 11.5 Å². The van der Waals surface area contributed by atoms with Gasteiger partial charge in [0.25, 0.3) is 0 Å². The fourth-order valence-corrected chi connectivity index (χ4v) is 2.78. The van der Waals surface area contributed by atoms with Gasteiger partial charge >= 0.3 is 0 Å². The molecule has 0 aromatic heterocycles. The van der Waals surface area contributed by atoms with Gasteiger partial charge in [-0.3, -0.25) is 4.79 Å². The molecule has 3 heteroatoms. The van der Waals surface area contributed by atoms with Crippen LogP contribution in [0.4, 0.5) is 0 Å². The van der Waals surface area contributed by atoms with Gasteiger partial charge in [-0.1, -0.05) is 24.3 Å². The van der Waals surface area contributed by atoms with Crippen molar-refractivity contribution in [3.63, 3.8) is 0 Å². The molecule has 0 bridgehead atoms. The summed E-state index contributed by atoms with van der Waals surface area (Å²) in [7, 11) is 3.24. The summed E-state index contributed by atoms with van der Waals surface area (Å²) in [6.45, 7) is 0. The van der Waals surface area contributed by atoms with Gasteiger partial charge in [-0.05, 0) is 36.6 Å². The van der Waals surface area contributed by atoms with Crippen molar-refractivity contribution < 1.29 is 14.3 Å². The molecule has 1 aliphatic rings. The largest absolute Gasteiger partial charge is 0.497 e. The van der Waals surface area contributed by atoms with Gasteiger partial charge in [0.1, 0.15) is 11.5 Å². The SMILES string of the molecule is COc1ccc(/C=C2\CCc3ccccc3C2=O)c(OC)c1. The molecule has 0 spiro atoms. The molecule has 1 aliphatic carbocycles.